The lowest BCUT2D eigenvalue weighted by atomic mass is 9.91. The number of benzene rings is 1. The minimum Gasteiger partial charge on any atom is -0.381 e. The Morgan fingerprint density at radius 3 is 2.50 bits per heavy atom. The molecule has 1 saturated heterocycles. The van der Waals surface area contributed by atoms with E-state index in [1.54, 1.807) is 13.8 Å². The number of ketones is 1. The molecule has 1 unspecified atom stereocenters. The van der Waals surface area contributed by atoms with Crippen LogP contribution in [0.5, 0.6) is 0 Å². The van der Waals surface area contributed by atoms with Crippen molar-refractivity contribution in [2.75, 3.05) is 13.2 Å². The van der Waals surface area contributed by atoms with Crippen LogP contribution in [-0.2, 0) is 4.74 Å². The Labute approximate surface area is 94.4 Å². The van der Waals surface area contributed by atoms with E-state index in [0.717, 1.165) is 17.5 Å². The highest BCUT2D eigenvalue weighted by molar-refractivity contribution is 6.00. The summed E-state index contributed by atoms with van der Waals surface area (Å²) in [5.41, 5.74) is 2.10. The molecule has 1 aromatic carbocycles. The van der Waals surface area contributed by atoms with Crippen LogP contribution in [0.3, 0.4) is 0 Å². The fourth-order valence-electron chi connectivity index (χ4n) is 2.24. The number of carbonyl (C=O) groups excluding carboxylic acids is 1. The van der Waals surface area contributed by atoms with Crippen molar-refractivity contribution >= 4 is 5.78 Å². The van der Waals surface area contributed by atoms with Gasteiger partial charge in [-0.15, -0.1) is 0 Å². The molecule has 0 amide bonds. The normalized spacial score (nSPS) is 20.1. The highest BCUT2D eigenvalue weighted by Gasteiger charge is 2.26. The van der Waals surface area contributed by atoms with E-state index in [9.17, 15) is 9.18 Å². The lowest BCUT2D eigenvalue weighted by Gasteiger charge is -2.12. The van der Waals surface area contributed by atoms with E-state index < -0.39 is 0 Å². The minimum absolute atomic E-state index is 0.0529. The summed E-state index contributed by atoms with van der Waals surface area (Å²) in [6.45, 7) is 4.70. The van der Waals surface area contributed by atoms with E-state index in [-0.39, 0.29) is 17.5 Å². The molecule has 0 saturated carbocycles. The zero-order valence-electron chi connectivity index (χ0n) is 9.55. The van der Waals surface area contributed by atoms with Gasteiger partial charge in [0.05, 0.1) is 6.61 Å². The van der Waals surface area contributed by atoms with Crippen molar-refractivity contribution in [1.29, 1.82) is 0 Å². The van der Waals surface area contributed by atoms with E-state index in [4.69, 9.17) is 4.74 Å². The molecule has 16 heavy (non-hydrogen) atoms. The number of aryl methyl sites for hydroxylation is 2. The van der Waals surface area contributed by atoms with E-state index >= 15 is 0 Å². The van der Waals surface area contributed by atoms with Gasteiger partial charge in [0.1, 0.15) is 5.82 Å². The molecule has 2 rings (SSSR count). The Morgan fingerprint density at radius 2 is 2.00 bits per heavy atom. The first-order chi connectivity index (χ1) is 7.59. The van der Waals surface area contributed by atoms with Crippen molar-refractivity contribution in [2.24, 2.45) is 5.92 Å². The highest BCUT2D eigenvalue weighted by Crippen LogP contribution is 2.23. The molecule has 1 aliphatic rings. The third-order valence-electron chi connectivity index (χ3n) is 3.04. The molecule has 0 N–H and O–H groups in total. The van der Waals surface area contributed by atoms with Crippen molar-refractivity contribution in [3.05, 3.63) is 34.6 Å². The third kappa shape index (κ3) is 2.00. The Bertz CT molecular complexity index is 397. The number of rotatable bonds is 2. The van der Waals surface area contributed by atoms with Gasteiger partial charge in [0.15, 0.2) is 5.78 Å². The maximum Gasteiger partial charge on any atom is 0.168 e. The molecule has 86 valence electrons. The lowest BCUT2D eigenvalue weighted by molar-refractivity contribution is 0.0899. The maximum atomic E-state index is 13.1. The molecular formula is C13H15FO2. The molecule has 1 aliphatic heterocycles. The SMILES string of the molecule is Cc1cc(F)cc(C)c1C(=O)C1CCOC1. The van der Waals surface area contributed by atoms with Crippen molar-refractivity contribution < 1.29 is 13.9 Å². The van der Waals surface area contributed by atoms with Crippen molar-refractivity contribution in [3.8, 4) is 0 Å². The smallest absolute Gasteiger partial charge is 0.168 e. The zero-order valence-corrected chi connectivity index (χ0v) is 9.55. The molecule has 1 fully saturated rings. The summed E-state index contributed by atoms with van der Waals surface area (Å²) in [7, 11) is 0. The number of carbonyl (C=O) groups is 1. The van der Waals surface area contributed by atoms with Crippen molar-refractivity contribution in [2.45, 2.75) is 20.3 Å². The molecule has 1 heterocycles. The third-order valence-corrected chi connectivity index (χ3v) is 3.04. The van der Waals surface area contributed by atoms with Crippen LogP contribution in [0, 0.1) is 25.6 Å². The minimum atomic E-state index is -0.283. The summed E-state index contributed by atoms with van der Waals surface area (Å²) >= 11 is 0. The Morgan fingerprint density at radius 1 is 1.38 bits per heavy atom. The van der Waals surface area contributed by atoms with Gasteiger partial charge in [0.2, 0.25) is 0 Å². The van der Waals surface area contributed by atoms with Crippen LogP contribution in [0.15, 0.2) is 12.1 Å². The second-order valence-corrected chi connectivity index (χ2v) is 4.34. The second-order valence-electron chi connectivity index (χ2n) is 4.34. The lowest BCUT2D eigenvalue weighted by Crippen LogP contribution is -2.17. The summed E-state index contributed by atoms with van der Waals surface area (Å²) in [6.07, 6.45) is 0.773. The molecular weight excluding hydrogens is 207 g/mol. The monoisotopic (exact) mass is 222 g/mol. The van der Waals surface area contributed by atoms with Crippen molar-refractivity contribution in [3.63, 3.8) is 0 Å². The Balaban J connectivity index is 2.35. The van der Waals surface area contributed by atoms with Gasteiger partial charge in [-0.05, 0) is 43.5 Å². The Hall–Kier alpha value is -1.22. The quantitative estimate of drug-likeness (QED) is 0.719. The average Bonchev–Trinajstić information content (AvgIpc) is 2.67. The fraction of sp³-hybridized carbons (Fsp3) is 0.462. The first kappa shape index (κ1) is 11.3. The molecule has 0 aliphatic carbocycles. The van der Waals surface area contributed by atoms with Crippen LogP contribution < -0.4 is 0 Å². The van der Waals surface area contributed by atoms with Gasteiger partial charge in [-0.3, -0.25) is 4.79 Å². The number of hydrogen-bond acceptors (Lipinski definition) is 2. The first-order valence-corrected chi connectivity index (χ1v) is 5.48. The molecule has 0 bridgehead atoms. The summed E-state index contributed by atoms with van der Waals surface area (Å²) in [4.78, 5) is 12.2. The molecule has 0 radical (unpaired) electrons. The van der Waals surface area contributed by atoms with Gasteiger partial charge in [-0.25, -0.2) is 4.39 Å². The number of halogens is 1. The molecule has 1 aromatic rings. The van der Waals surface area contributed by atoms with Gasteiger partial charge in [-0.1, -0.05) is 0 Å². The van der Waals surface area contributed by atoms with Crippen LogP contribution in [0.4, 0.5) is 4.39 Å². The van der Waals surface area contributed by atoms with E-state index in [2.05, 4.69) is 0 Å². The Kier molecular flexibility index (Phi) is 3.06. The average molecular weight is 222 g/mol. The second kappa shape index (κ2) is 4.34. The van der Waals surface area contributed by atoms with Crippen LogP contribution in [0.25, 0.3) is 0 Å². The summed E-state index contributed by atoms with van der Waals surface area (Å²) in [6, 6.07) is 2.83. The van der Waals surface area contributed by atoms with Crippen LogP contribution >= 0.6 is 0 Å². The number of hydrogen-bond donors (Lipinski definition) is 0. The topological polar surface area (TPSA) is 26.3 Å². The maximum absolute atomic E-state index is 13.1. The highest BCUT2D eigenvalue weighted by atomic mass is 19.1. The summed E-state index contributed by atoms with van der Waals surface area (Å²) in [5, 5.41) is 0. The van der Waals surface area contributed by atoms with E-state index in [0.29, 0.717) is 18.8 Å². The molecule has 1 atom stereocenters. The van der Waals surface area contributed by atoms with E-state index in [1.807, 2.05) is 0 Å². The van der Waals surface area contributed by atoms with Gasteiger partial charge < -0.3 is 4.74 Å². The predicted molar refractivity (Wildman–Crippen MR) is 59.1 cm³/mol. The first-order valence-electron chi connectivity index (χ1n) is 5.48. The molecule has 0 aromatic heterocycles. The van der Waals surface area contributed by atoms with E-state index in [1.165, 1.54) is 12.1 Å². The zero-order chi connectivity index (χ0) is 11.7. The summed E-state index contributed by atoms with van der Waals surface area (Å²) in [5.74, 6) is -0.246. The van der Waals surface area contributed by atoms with Crippen LogP contribution in [0.1, 0.15) is 27.9 Å². The van der Waals surface area contributed by atoms with Crippen LogP contribution in [-0.4, -0.2) is 19.0 Å². The number of ether oxygens (including phenoxy) is 1. The van der Waals surface area contributed by atoms with Gasteiger partial charge in [-0.2, -0.15) is 0 Å². The van der Waals surface area contributed by atoms with Gasteiger partial charge in [0, 0.05) is 18.1 Å². The van der Waals surface area contributed by atoms with Gasteiger partial charge in [0.25, 0.3) is 0 Å². The molecule has 3 heteroatoms. The summed E-state index contributed by atoms with van der Waals surface area (Å²) < 4.78 is 18.3. The molecule has 2 nitrogen and oxygen atoms in total. The largest absolute Gasteiger partial charge is 0.381 e. The predicted octanol–water partition coefficient (Wildman–Crippen LogP) is 2.66. The standard InChI is InChI=1S/C13H15FO2/c1-8-5-11(14)6-9(2)12(8)13(15)10-3-4-16-7-10/h5-6,10H,3-4,7H2,1-2H3. The molecule has 0 spiro atoms. The van der Waals surface area contributed by atoms with Crippen molar-refractivity contribution in [1.82, 2.24) is 0 Å². The van der Waals surface area contributed by atoms with Crippen LogP contribution in [0.2, 0.25) is 0 Å². The number of Topliss-reactive ketones (excluding diaryl/α,β-unsaturated/α-hetero) is 1. The van der Waals surface area contributed by atoms with Gasteiger partial charge >= 0.3 is 0 Å². The fourth-order valence-corrected chi connectivity index (χ4v) is 2.24.